The van der Waals surface area contributed by atoms with E-state index < -0.39 is 17.5 Å². The molecular weight excluding hydrogens is 183 g/mol. The highest BCUT2D eigenvalue weighted by molar-refractivity contribution is 5.95. The summed E-state index contributed by atoms with van der Waals surface area (Å²) in [5, 5.41) is 0. The summed E-state index contributed by atoms with van der Waals surface area (Å²) < 4.78 is 37.0. The first-order chi connectivity index (χ1) is 5.84. The quantitative estimate of drug-likeness (QED) is 0.680. The number of hydrogen-bond acceptors (Lipinski definition) is 1. The van der Waals surface area contributed by atoms with Gasteiger partial charge in [0.15, 0.2) is 5.78 Å². The molecule has 0 aromatic carbocycles. The van der Waals surface area contributed by atoms with Gasteiger partial charge in [0.25, 0.3) is 0 Å². The van der Waals surface area contributed by atoms with Crippen LogP contribution in [0.15, 0.2) is 6.20 Å². The Bertz CT molecular complexity index is 338. The van der Waals surface area contributed by atoms with Gasteiger partial charge < -0.3 is 4.98 Å². The van der Waals surface area contributed by atoms with Crippen molar-refractivity contribution in [3.05, 3.63) is 23.0 Å². The Kier molecular flexibility index (Phi) is 2.19. The van der Waals surface area contributed by atoms with E-state index >= 15 is 0 Å². The molecule has 0 saturated carbocycles. The van der Waals surface area contributed by atoms with Crippen molar-refractivity contribution < 1.29 is 18.0 Å². The number of H-pyrrole nitrogens is 1. The average molecular weight is 191 g/mol. The molecule has 0 saturated heterocycles. The molecule has 0 aliphatic heterocycles. The fourth-order valence-electron chi connectivity index (χ4n) is 1.17. The third-order valence-corrected chi connectivity index (χ3v) is 1.74. The van der Waals surface area contributed by atoms with Crippen molar-refractivity contribution in [1.82, 2.24) is 4.98 Å². The van der Waals surface area contributed by atoms with Crippen LogP contribution in [0.2, 0.25) is 0 Å². The van der Waals surface area contributed by atoms with E-state index in [9.17, 15) is 18.0 Å². The lowest BCUT2D eigenvalue weighted by atomic mass is 10.1. The molecule has 0 aliphatic rings. The molecule has 5 heteroatoms. The first-order valence-electron chi connectivity index (χ1n) is 3.60. The van der Waals surface area contributed by atoms with Crippen molar-refractivity contribution in [2.75, 3.05) is 0 Å². The second-order valence-corrected chi connectivity index (χ2v) is 2.76. The number of ketones is 1. The molecule has 0 fully saturated rings. The van der Waals surface area contributed by atoms with Crippen LogP contribution in [0, 0.1) is 6.92 Å². The highest BCUT2D eigenvalue weighted by Crippen LogP contribution is 2.34. The number of carbonyl (C=O) groups is 1. The van der Waals surface area contributed by atoms with Crippen LogP contribution in [-0.2, 0) is 6.18 Å². The molecule has 1 aromatic rings. The number of rotatable bonds is 1. The number of hydrogen-bond donors (Lipinski definition) is 1. The molecule has 0 atom stereocenters. The molecule has 72 valence electrons. The first-order valence-corrected chi connectivity index (χ1v) is 3.60. The molecule has 1 N–H and O–H groups in total. The molecule has 0 aliphatic carbocycles. The number of halogens is 3. The SMILES string of the molecule is CC(=O)c1c[nH]c(C)c1C(F)(F)F. The van der Waals surface area contributed by atoms with E-state index in [4.69, 9.17) is 0 Å². The lowest BCUT2D eigenvalue weighted by Gasteiger charge is -2.07. The topological polar surface area (TPSA) is 32.9 Å². The van der Waals surface area contributed by atoms with Crippen molar-refractivity contribution in [2.24, 2.45) is 0 Å². The zero-order valence-corrected chi connectivity index (χ0v) is 7.12. The summed E-state index contributed by atoms with van der Waals surface area (Å²) in [6.07, 6.45) is -3.38. The van der Waals surface area contributed by atoms with Crippen molar-refractivity contribution in [1.29, 1.82) is 0 Å². The molecule has 2 nitrogen and oxygen atoms in total. The number of aryl methyl sites for hydroxylation is 1. The van der Waals surface area contributed by atoms with Gasteiger partial charge in [-0.2, -0.15) is 13.2 Å². The van der Waals surface area contributed by atoms with Gasteiger partial charge in [0.2, 0.25) is 0 Å². The summed E-state index contributed by atoms with van der Waals surface area (Å²) in [6, 6.07) is 0. The minimum absolute atomic E-state index is 0.0299. The Morgan fingerprint density at radius 2 is 2.00 bits per heavy atom. The second kappa shape index (κ2) is 2.90. The van der Waals surface area contributed by atoms with Crippen LogP contribution in [0.25, 0.3) is 0 Å². The Balaban J connectivity index is 3.33. The molecule has 0 bridgehead atoms. The summed E-state index contributed by atoms with van der Waals surface area (Å²) in [7, 11) is 0. The standard InChI is InChI=1S/C8H8F3NO/c1-4-7(8(9,10)11)6(3-12-4)5(2)13/h3,12H,1-2H3. The van der Waals surface area contributed by atoms with E-state index in [1.54, 1.807) is 0 Å². The maximum Gasteiger partial charge on any atom is 0.418 e. The predicted molar refractivity (Wildman–Crippen MR) is 40.5 cm³/mol. The molecule has 0 unspecified atom stereocenters. The Labute approximate surface area is 72.8 Å². The highest BCUT2D eigenvalue weighted by atomic mass is 19.4. The van der Waals surface area contributed by atoms with Gasteiger partial charge in [-0.3, -0.25) is 4.79 Å². The van der Waals surface area contributed by atoms with Crippen molar-refractivity contribution >= 4 is 5.78 Å². The van der Waals surface area contributed by atoms with Crippen LogP contribution >= 0.6 is 0 Å². The lowest BCUT2D eigenvalue weighted by molar-refractivity contribution is -0.138. The Morgan fingerprint density at radius 3 is 2.31 bits per heavy atom. The second-order valence-electron chi connectivity index (χ2n) is 2.76. The summed E-state index contributed by atoms with van der Waals surface area (Å²) in [6.45, 7) is 2.40. The van der Waals surface area contributed by atoms with Gasteiger partial charge in [0.05, 0.1) is 5.56 Å². The largest absolute Gasteiger partial charge is 0.418 e. The molecule has 0 radical (unpaired) electrons. The number of alkyl halides is 3. The number of Topliss-reactive ketones (excluding diaryl/α,β-unsaturated/α-hetero) is 1. The highest BCUT2D eigenvalue weighted by Gasteiger charge is 2.37. The predicted octanol–water partition coefficient (Wildman–Crippen LogP) is 2.54. The van der Waals surface area contributed by atoms with Gasteiger partial charge in [-0.25, -0.2) is 0 Å². The van der Waals surface area contributed by atoms with Crippen molar-refractivity contribution in [3.8, 4) is 0 Å². The first kappa shape index (κ1) is 9.83. The molecule has 1 rings (SSSR count). The van der Waals surface area contributed by atoms with Gasteiger partial charge in [0.1, 0.15) is 0 Å². The van der Waals surface area contributed by atoms with Crippen molar-refractivity contribution in [2.45, 2.75) is 20.0 Å². The minimum atomic E-state index is -4.47. The smallest absolute Gasteiger partial charge is 0.364 e. The van der Waals surface area contributed by atoms with Crippen LogP contribution in [0.3, 0.4) is 0 Å². The van der Waals surface area contributed by atoms with E-state index in [1.807, 2.05) is 0 Å². The van der Waals surface area contributed by atoms with E-state index in [-0.39, 0.29) is 11.3 Å². The molecule has 1 aromatic heterocycles. The normalized spacial score (nSPS) is 11.8. The summed E-state index contributed by atoms with van der Waals surface area (Å²) in [5.41, 5.74) is -1.19. The maximum absolute atomic E-state index is 12.3. The van der Waals surface area contributed by atoms with Gasteiger partial charge in [-0.15, -0.1) is 0 Å². The third kappa shape index (κ3) is 1.74. The summed E-state index contributed by atoms with van der Waals surface area (Å²) in [5.74, 6) is -0.586. The van der Waals surface area contributed by atoms with E-state index in [2.05, 4.69) is 4.98 Å². The fraction of sp³-hybridized carbons (Fsp3) is 0.375. The van der Waals surface area contributed by atoms with Crippen molar-refractivity contribution in [3.63, 3.8) is 0 Å². The number of aromatic amines is 1. The van der Waals surface area contributed by atoms with Gasteiger partial charge >= 0.3 is 6.18 Å². The van der Waals surface area contributed by atoms with Gasteiger partial charge in [0, 0.05) is 17.5 Å². The zero-order valence-electron chi connectivity index (χ0n) is 7.12. The average Bonchev–Trinajstić information content (AvgIpc) is 2.28. The minimum Gasteiger partial charge on any atom is -0.364 e. The maximum atomic E-state index is 12.3. The van der Waals surface area contributed by atoms with Crippen LogP contribution in [0.4, 0.5) is 13.2 Å². The van der Waals surface area contributed by atoms with Gasteiger partial charge in [-0.05, 0) is 13.8 Å². The van der Waals surface area contributed by atoms with E-state index in [0.717, 1.165) is 13.1 Å². The van der Waals surface area contributed by atoms with Crippen LogP contribution in [0.5, 0.6) is 0 Å². The molecule has 0 spiro atoms. The number of nitrogens with one attached hydrogen (secondary N) is 1. The monoisotopic (exact) mass is 191 g/mol. The summed E-state index contributed by atoms with van der Waals surface area (Å²) in [4.78, 5) is 13.2. The zero-order chi connectivity index (χ0) is 10.2. The number of carbonyl (C=O) groups excluding carboxylic acids is 1. The molecule has 1 heterocycles. The van der Waals surface area contributed by atoms with Crippen LogP contribution in [0.1, 0.15) is 28.5 Å². The van der Waals surface area contributed by atoms with Crippen LogP contribution in [-0.4, -0.2) is 10.8 Å². The van der Waals surface area contributed by atoms with Gasteiger partial charge in [-0.1, -0.05) is 0 Å². The lowest BCUT2D eigenvalue weighted by Crippen LogP contribution is -2.10. The molecular formula is C8H8F3NO. The fourth-order valence-corrected chi connectivity index (χ4v) is 1.17. The number of aromatic nitrogens is 1. The van der Waals surface area contributed by atoms with Crippen LogP contribution < -0.4 is 0 Å². The van der Waals surface area contributed by atoms with E-state index in [0.29, 0.717) is 0 Å². The Hall–Kier alpha value is -1.26. The Morgan fingerprint density at radius 1 is 1.46 bits per heavy atom. The molecule has 13 heavy (non-hydrogen) atoms. The van der Waals surface area contributed by atoms with E-state index in [1.165, 1.54) is 6.92 Å². The summed E-state index contributed by atoms with van der Waals surface area (Å²) >= 11 is 0. The molecule has 0 amide bonds. The third-order valence-electron chi connectivity index (χ3n) is 1.74.